The number of hydrogen-bond acceptors (Lipinski definition) is 5. The molecule has 2 heterocycles. The van der Waals surface area contributed by atoms with Crippen molar-refractivity contribution in [1.29, 1.82) is 0 Å². The molecule has 1 aromatic heterocycles. The first-order valence-electron chi connectivity index (χ1n) is 11.2. The molecule has 1 aliphatic rings. The molecule has 33 heavy (non-hydrogen) atoms. The highest BCUT2D eigenvalue weighted by atomic mass is 16.5. The second kappa shape index (κ2) is 10.5. The molecule has 0 radical (unpaired) electrons. The van der Waals surface area contributed by atoms with Crippen LogP contribution in [0.2, 0.25) is 0 Å². The fourth-order valence-corrected chi connectivity index (χ4v) is 4.36. The van der Waals surface area contributed by atoms with Gasteiger partial charge in [0.25, 0.3) is 0 Å². The van der Waals surface area contributed by atoms with E-state index in [2.05, 4.69) is 40.2 Å². The molecule has 1 unspecified atom stereocenters. The molecule has 172 valence electrons. The van der Waals surface area contributed by atoms with E-state index in [1.807, 2.05) is 42.4 Å². The van der Waals surface area contributed by atoms with Crippen molar-refractivity contribution in [2.24, 2.45) is 5.92 Å². The molecule has 6 nitrogen and oxygen atoms in total. The Balaban J connectivity index is 1.48. The molecular formula is C27H31N3O3. The molecule has 2 aromatic carbocycles. The van der Waals surface area contributed by atoms with Crippen LogP contribution in [-0.4, -0.2) is 61.6 Å². The van der Waals surface area contributed by atoms with Crippen LogP contribution in [0.5, 0.6) is 11.5 Å². The van der Waals surface area contributed by atoms with E-state index in [1.165, 1.54) is 5.56 Å². The Morgan fingerprint density at radius 2 is 1.67 bits per heavy atom. The second-order valence-electron chi connectivity index (χ2n) is 8.56. The average Bonchev–Trinajstić information content (AvgIpc) is 2.98. The van der Waals surface area contributed by atoms with E-state index in [9.17, 15) is 4.79 Å². The summed E-state index contributed by atoms with van der Waals surface area (Å²) in [6, 6.07) is 18.4. The van der Waals surface area contributed by atoms with E-state index in [-0.39, 0.29) is 11.8 Å². The van der Waals surface area contributed by atoms with Crippen LogP contribution in [0.1, 0.15) is 11.1 Å². The summed E-state index contributed by atoms with van der Waals surface area (Å²) in [5, 5.41) is 0. The van der Waals surface area contributed by atoms with E-state index in [0.717, 1.165) is 47.8 Å². The minimum absolute atomic E-state index is 0.0887. The number of likely N-dealkylation sites (N-methyl/N-ethyl adjacent to an activating group) is 1. The molecule has 6 heteroatoms. The van der Waals surface area contributed by atoms with Gasteiger partial charge in [-0.05, 0) is 46.9 Å². The van der Waals surface area contributed by atoms with E-state index < -0.39 is 0 Å². The number of carbonyl (C=O) groups excluding carboxylic acids is 1. The Bertz CT molecular complexity index is 1050. The molecule has 1 saturated heterocycles. The molecule has 0 aliphatic carbocycles. The highest BCUT2D eigenvalue weighted by Gasteiger charge is 2.28. The maximum absolute atomic E-state index is 13.1. The van der Waals surface area contributed by atoms with Crippen molar-refractivity contribution >= 4 is 5.91 Å². The van der Waals surface area contributed by atoms with Crippen LogP contribution in [0, 0.1) is 5.92 Å². The third kappa shape index (κ3) is 5.71. The Kier molecular flexibility index (Phi) is 7.25. The van der Waals surface area contributed by atoms with Gasteiger partial charge in [-0.1, -0.05) is 30.3 Å². The Morgan fingerprint density at radius 3 is 2.30 bits per heavy atom. The monoisotopic (exact) mass is 445 g/mol. The lowest BCUT2D eigenvalue weighted by Gasteiger charge is -2.23. The van der Waals surface area contributed by atoms with E-state index in [0.29, 0.717) is 13.0 Å². The summed E-state index contributed by atoms with van der Waals surface area (Å²) in [4.78, 5) is 21.5. The van der Waals surface area contributed by atoms with E-state index >= 15 is 0 Å². The van der Waals surface area contributed by atoms with Crippen LogP contribution in [0.4, 0.5) is 0 Å². The smallest absolute Gasteiger partial charge is 0.227 e. The van der Waals surface area contributed by atoms with Crippen LogP contribution in [0.3, 0.4) is 0 Å². The number of ether oxygens (including phenoxy) is 2. The molecular weight excluding hydrogens is 414 g/mol. The predicted octanol–water partition coefficient (Wildman–Crippen LogP) is 3.90. The van der Waals surface area contributed by atoms with Gasteiger partial charge in [-0.2, -0.15) is 0 Å². The van der Waals surface area contributed by atoms with Gasteiger partial charge < -0.3 is 14.4 Å². The average molecular weight is 446 g/mol. The van der Waals surface area contributed by atoms with E-state index in [1.54, 1.807) is 20.4 Å². The highest BCUT2D eigenvalue weighted by molar-refractivity contribution is 5.79. The van der Waals surface area contributed by atoms with Crippen molar-refractivity contribution < 1.29 is 14.3 Å². The number of benzene rings is 2. The summed E-state index contributed by atoms with van der Waals surface area (Å²) < 4.78 is 10.8. The van der Waals surface area contributed by atoms with Gasteiger partial charge in [0.1, 0.15) is 11.5 Å². The summed E-state index contributed by atoms with van der Waals surface area (Å²) >= 11 is 0. The van der Waals surface area contributed by atoms with Crippen molar-refractivity contribution in [2.45, 2.75) is 13.0 Å². The molecule has 1 aliphatic heterocycles. The van der Waals surface area contributed by atoms with Gasteiger partial charge in [0.2, 0.25) is 5.91 Å². The maximum atomic E-state index is 13.1. The Morgan fingerprint density at radius 1 is 0.939 bits per heavy atom. The first kappa shape index (κ1) is 22.8. The summed E-state index contributed by atoms with van der Waals surface area (Å²) in [6.07, 6.45) is 4.36. The minimum Gasteiger partial charge on any atom is -0.497 e. The molecule has 1 fully saturated rings. The predicted molar refractivity (Wildman–Crippen MR) is 129 cm³/mol. The number of amides is 1. The number of aromatic nitrogens is 1. The quantitative estimate of drug-likeness (QED) is 0.552. The number of carbonyl (C=O) groups is 1. The topological polar surface area (TPSA) is 54.9 Å². The lowest BCUT2D eigenvalue weighted by atomic mass is 9.96. The summed E-state index contributed by atoms with van der Waals surface area (Å²) in [5.41, 5.74) is 4.50. The van der Waals surface area contributed by atoms with Crippen molar-refractivity contribution in [1.82, 2.24) is 14.8 Å². The fraction of sp³-hybridized carbons (Fsp3) is 0.333. The van der Waals surface area contributed by atoms with Gasteiger partial charge in [-0.15, -0.1) is 0 Å². The third-order valence-corrected chi connectivity index (χ3v) is 6.20. The Labute approximate surface area is 195 Å². The summed E-state index contributed by atoms with van der Waals surface area (Å²) in [7, 11) is 5.22. The van der Waals surface area contributed by atoms with Crippen molar-refractivity contribution in [2.75, 3.05) is 40.9 Å². The van der Waals surface area contributed by atoms with Gasteiger partial charge in [0, 0.05) is 51.7 Å². The fourth-order valence-electron chi connectivity index (χ4n) is 4.36. The van der Waals surface area contributed by atoms with Gasteiger partial charge >= 0.3 is 0 Å². The van der Waals surface area contributed by atoms with Crippen LogP contribution in [-0.2, 0) is 17.8 Å². The number of nitrogens with zero attached hydrogens (tertiary/aromatic N) is 3. The van der Waals surface area contributed by atoms with Crippen LogP contribution in [0.25, 0.3) is 11.1 Å². The van der Waals surface area contributed by atoms with Crippen molar-refractivity contribution in [3.63, 3.8) is 0 Å². The van der Waals surface area contributed by atoms with Crippen molar-refractivity contribution in [3.8, 4) is 22.6 Å². The Hall–Kier alpha value is -3.38. The molecule has 1 atom stereocenters. The molecule has 3 aromatic rings. The first-order chi connectivity index (χ1) is 16.1. The van der Waals surface area contributed by atoms with Gasteiger partial charge in [0.15, 0.2) is 0 Å². The van der Waals surface area contributed by atoms with Gasteiger partial charge in [-0.25, -0.2) is 0 Å². The molecule has 0 spiro atoms. The minimum atomic E-state index is -0.0887. The lowest BCUT2D eigenvalue weighted by molar-refractivity contribution is -0.133. The first-order valence-corrected chi connectivity index (χ1v) is 11.2. The number of pyridine rings is 1. The number of rotatable bonds is 7. The third-order valence-electron chi connectivity index (χ3n) is 6.20. The highest BCUT2D eigenvalue weighted by Crippen LogP contribution is 2.25. The normalized spacial score (nSPS) is 17.0. The van der Waals surface area contributed by atoms with Crippen LogP contribution >= 0.6 is 0 Å². The van der Waals surface area contributed by atoms with Crippen LogP contribution in [0.15, 0.2) is 67.0 Å². The van der Waals surface area contributed by atoms with Gasteiger partial charge in [0.05, 0.1) is 20.1 Å². The molecule has 0 saturated carbocycles. The number of hydrogen-bond donors (Lipinski definition) is 0. The largest absolute Gasteiger partial charge is 0.497 e. The summed E-state index contributed by atoms with van der Waals surface area (Å²) in [5.74, 6) is 1.67. The molecule has 1 amide bonds. The second-order valence-corrected chi connectivity index (χ2v) is 8.56. The zero-order valence-corrected chi connectivity index (χ0v) is 19.5. The number of methoxy groups -OCH3 is 2. The van der Waals surface area contributed by atoms with Crippen LogP contribution < -0.4 is 9.47 Å². The SMILES string of the molecule is COc1cc(CN2CCN(C)C(=O)C(Cc3ccc(-c4cccnc4)cc3)C2)cc(OC)c1. The zero-order valence-electron chi connectivity index (χ0n) is 19.5. The molecule has 0 bridgehead atoms. The standard InChI is InChI=1S/C27H31N3O3/c1-29-11-12-30(18-21-14-25(32-2)16-26(15-21)33-3)19-24(27(29)31)13-20-6-8-22(9-7-20)23-5-4-10-28-17-23/h4-10,14-17,24H,11-13,18-19H2,1-3H3. The summed E-state index contributed by atoms with van der Waals surface area (Å²) in [6.45, 7) is 3.01. The zero-order chi connectivity index (χ0) is 23.2. The van der Waals surface area contributed by atoms with Gasteiger partial charge in [-0.3, -0.25) is 14.7 Å². The molecule has 0 N–H and O–H groups in total. The van der Waals surface area contributed by atoms with Crippen molar-refractivity contribution in [3.05, 3.63) is 78.1 Å². The lowest BCUT2D eigenvalue weighted by Crippen LogP contribution is -2.34. The van der Waals surface area contributed by atoms with E-state index in [4.69, 9.17) is 9.47 Å². The maximum Gasteiger partial charge on any atom is 0.227 e. The molecule has 4 rings (SSSR count).